The van der Waals surface area contributed by atoms with Crippen LogP contribution in [0.25, 0.3) is 11.1 Å². The van der Waals surface area contributed by atoms with Crippen molar-refractivity contribution in [3.8, 4) is 11.1 Å². The van der Waals surface area contributed by atoms with Gasteiger partial charge in [0.2, 0.25) is 10.0 Å². The van der Waals surface area contributed by atoms with Gasteiger partial charge in [-0.25, -0.2) is 8.42 Å². The second-order valence-electron chi connectivity index (χ2n) is 7.63. The summed E-state index contributed by atoms with van der Waals surface area (Å²) in [6.07, 6.45) is 0. The molecule has 0 aliphatic carbocycles. The highest BCUT2D eigenvalue weighted by Crippen LogP contribution is 2.36. The van der Waals surface area contributed by atoms with Crippen molar-refractivity contribution in [3.05, 3.63) is 54.6 Å². The number of thioether (sulfide) groups is 1. The quantitative estimate of drug-likeness (QED) is 0.668. The van der Waals surface area contributed by atoms with E-state index in [9.17, 15) is 23.1 Å². The van der Waals surface area contributed by atoms with Crippen molar-refractivity contribution >= 4 is 33.5 Å². The molecule has 1 heterocycles. The summed E-state index contributed by atoms with van der Waals surface area (Å²) >= 11 is 1.18. The zero-order valence-corrected chi connectivity index (χ0v) is 18.3. The molecule has 2 aromatic carbocycles. The van der Waals surface area contributed by atoms with E-state index in [2.05, 4.69) is 0 Å². The monoisotopic (exact) mass is 448 g/mol. The van der Waals surface area contributed by atoms with Crippen LogP contribution >= 0.6 is 11.8 Å². The molecule has 3 N–H and O–H groups in total. The van der Waals surface area contributed by atoms with Gasteiger partial charge in [0.1, 0.15) is 11.4 Å². The van der Waals surface area contributed by atoms with E-state index >= 15 is 0 Å². The lowest BCUT2D eigenvalue weighted by Crippen LogP contribution is -2.54. The largest absolute Gasteiger partial charge is 0.480 e. The molecule has 0 aromatic heterocycles. The lowest BCUT2D eigenvalue weighted by molar-refractivity contribution is -0.146. The lowest BCUT2D eigenvalue weighted by Gasteiger charge is -2.32. The second kappa shape index (κ2) is 8.50. The Labute approximate surface area is 180 Å². The van der Waals surface area contributed by atoms with Crippen LogP contribution < -0.4 is 5.73 Å². The zero-order chi connectivity index (χ0) is 22.1. The van der Waals surface area contributed by atoms with Crippen molar-refractivity contribution in [3.63, 3.8) is 0 Å². The van der Waals surface area contributed by atoms with Crippen LogP contribution in [0.1, 0.15) is 13.8 Å². The second-order valence-corrected chi connectivity index (χ2v) is 10.7. The summed E-state index contributed by atoms with van der Waals surface area (Å²) < 4.78 is 27.6. The molecule has 3 rings (SSSR count). The van der Waals surface area contributed by atoms with Crippen molar-refractivity contribution in [2.45, 2.75) is 30.2 Å². The van der Waals surface area contributed by atoms with E-state index < -0.39 is 38.6 Å². The molecule has 9 heteroatoms. The van der Waals surface area contributed by atoms with Crippen LogP contribution in [0.2, 0.25) is 0 Å². The SMILES string of the molecule is CC(C)(C(=O)C1SCCN1S(=O)(=O)c1ccc(-c2ccccc2)cc1)C(N)C(=O)O. The number of carbonyl (C=O) groups is 2. The molecule has 0 bridgehead atoms. The Morgan fingerprint density at radius 2 is 1.67 bits per heavy atom. The highest BCUT2D eigenvalue weighted by Gasteiger charge is 2.48. The Hall–Kier alpha value is -2.20. The first-order valence-corrected chi connectivity index (χ1v) is 11.9. The van der Waals surface area contributed by atoms with Gasteiger partial charge < -0.3 is 10.8 Å². The van der Waals surface area contributed by atoms with E-state index in [4.69, 9.17) is 5.73 Å². The number of ketones is 1. The number of carboxylic acid groups (broad SMARTS) is 1. The van der Waals surface area contributed by atoms with Crippen LogP contribution in [0.3, 0.4) is 0 Å². The number of hydrogen-bond donors (Lipinski definition) is 2. The molecule has 2 aromatic rings. The van der Waals surface area contributed by atoms with E-state index in [1.807, 2.05) is 30.3 Å². The summed E-state index contributed by atoms with van der Waals surface area (Å²) in [5.41, 5.74) is 6.13. The third kappa shape index (κ3) is 4.15. The Balaban J connectivity index is 1.88. The zero-order valence-electron chi connectivity index (χ0n) is 16.7. The number of sulfonamides is 1. The van der Waals surface area contributed by atoms with Gasteiger partial charge in [0.15, 0.2) is 5.78 Å². The van der Waals surface area contributed by atoms with Gasteiger partial charge in [-0.2, -0.15) is 4.31 Å². The molecule has 0 saturated carbocycles. The van der Waals surface area contributed by atoms with E-state index in [1.165, 1.54) is 37.7 Å². The predicted molar refractivity (Wildman–Crippen MR) is 116 cm³/mol. The van der Waals surface area contributed by atoms with Crippen molar-refractivity contribution in [1.82, 2.24) is 4.31 Å². The normalized spacial score (nSPS) is 18.8. The Morgan fingerprint density at radius 1 is 1.10 bits per heavy atom. The first kappa shape index (κ1) is 22.5. The van der Waals surface area contributed by atoms with Gasteiger partial charge in [-0.05, 0) is 23.3 Å². The fourth-order valence-corrected chi connectivity index (χ4v) is 6.59. The van der Waals surface area contributed by atoms with Crippen LogP contribution in [-0.2, 0) is 19.6 Å². The summed E-state index contributed by atoms with van der Waals surface area (Å²) in [5.74, 6) is -1.37. The first-order valence-electron chi connectivity index (χ1n) is 9.38. The van der Waals surface area contributed by atoms with Gasteiger partial charge in [0.25, 0.3) is 0 Å². The summed E-state index contributed by atoms with van der Waals surface area (Å²) in [4.78, 5) is 24.5. The molecule has 160 valence electrons. The maximum atomic E-state index is 13.2. The van der Waals surface area contributed by atoms with Crippen LogP contribution in [-0.4, -0.2) is 53.3 Å². The topological polar surface area (TPSA) is 118 Å². The number of carboxylic acids is 1. The summed E-state index contributed by atoms with van der Waals surface area (Å²) in [6, 6.07) is 14.7. The minimum Gasteiger partial charge on any atom is -0.480 e. The molecule has 1 saturated heterocycles. The number of hydrogen-bond acceptors (Lipinski definition) is 6. The number of Topliss-reactive ketones (excluding diaryl/α,β-unsaturated/α-hetero) is 1. The van der Waals surface area contributed by atoms with E-state index in [0.717, 1.165) is 15.4 Å². The predicted octanol–water partition coefficient (Wildman–Crippen LogP) is 2.42. The number of aliphatic carboxylic acids is 1. The smallest absolute Gasteiger partial charge is 0.321 e. The molecular formula is C21H24N2O5S2. The highest BCUT2D eigenvalue weighted by atomic mass is 32.2. The fraction of sp³-hybridized carbons (Fsp3) is 0.333. The molecule has 7 nitrogen and oxygen atoms in total. The van der Waals surface area contributed by atoms with Gasteiger partial charge in [-0.15, -0.1) is 11.8 Å². The number of nitrogens with zero attached hydrogens (tertiary/aromatic N) is 1. The highest BCUT2D eigenvalue weighted by molar-refractivity contribution is 8.02. The minimum atomic E-state index is -3.93. The molecule has 0 amide bonds. The van der Waals surface area contributed by atoms with Gasteiger partial charge in [0.05, 0.1) is 10.3 Å². The number of carbonyl (C=O) groups excluding carboxylic acids is 1. The Bertz CT molecular complexity index is 1040. The van der Waals surface area contributed by atoms with Gasteiger partial charge in [-0.3, -0.25) is 9.59 Å². The summed E-state index contributed by atoms with van der Waals surface area (Å²) in [5, 5.41) is 8.21. The van der Waals surface area contributed by atoms with Gasteiger partial charge in [0, 0.05) is 12.3 Å². The average Bonchev–Trinajstić information content (AvgIpc) is 3.24. The van der Waals surface area contributed by atoms with Gasteiger partial charge >= 0.3 is 5.97 Å². The van der Waals surface area contributed by atoms with E-state index in [1.54, 1.807) is 12.1 Å². The number of benzene rings is 2. The van der Waals surface area contributed by atoms with Gasteiger partial charge in [-0.1, -0.05) is 56.3 Å². The molecule has 0 radical (unpaired) electrons. The van der Waals surface area contributed by atoms with Crippen molar-refractivity contribution in [1.29, 1.82) is 0 Å². The molecule has 2 atom stereocenters. The number of nitrogens with two attached hydrogens (primary N) is 1. The third-order valence-corrected chi connectivity index (χ3v) is 8.53. The van der Waals surface area contributed by atoms with Crippen LogP contribution in [0.4, 0.5) is 0 Å². The molecule has 0 spiro atoms. The van der Waals surface area contributed by atoms with Crippen LogP contribution in [0.5, 0.6) is 0 Å². The fourth-order valence-electron chi connectivity index (χ4n) is 3.27. The lowest BCUT2D eigenvalue weighted by atomic mass is 9.80. The molecule has 2 unspecified atom stereocenters. The average molecular weight is 449 g/mol. The van der Waals surface area contributed by atoms with Crippen LogP contribution in [0, 0.1) is 5.41 Å². The van der Waals surface area contributed by atoms with E-state index in [0.29, 0.717) is 5.75 Å². The Kier molecular flexibility index (Phi) is 6.37. The first-order chi connectivity index (χ1) is 14.1. The van der Waals surface area contributed by atoms with Crippen molar-refractivity contribution in [2.24, 2.45) is 11.1 Å². The maximum Gasteiger partial charge on any atom is 0.321 e. The molecule has 1 aliphatic heterocycles. The van der Waals surface area contributed by atoms with Crippen molar-refractivity contribution in [2.75, 3.05) is 12.3 Å². The van der Waals surface area contributed by atoms with E-state index in [-0.39, 0.29) is 11.4 Å². The molecular weight excluding hydrogens is 424 g/mol. The summed E-state index contributed by atoms with van der Waals surface area (Å²) in [7, 11) is -3.93. The number of rotatable bonds is 7. The molecule has 1 aliphatic rings. The maximum absolute atomic E-state index is 13.2. The standard InChI is InChI=1S/C21H24N2O5S2/c1-21(2,17(22)20(25)26)18(24)19-23(12-13-29-19)30(27,28)16-10-8-15(9-11-16)14-6-4-3-5-7-14/h3-11,17,19H,12-13,22H2,1-2H3,(H,25,26). The Morgan fingerprint density at radius 3 is 2.23 bits per heavy atom. The molecule has 1 fully saturated rings. The van der Waals surface area contributed by atoms with Crippen molar-refractivity contribution < 1.29 is 23.1 Å². The van der Waals surface area contributed by atoms with Crippen LogP contribution in [0.15, 0.2) is 59.5 Å². The minimum absolute atomic E-state index is 0.0859. The third-order valence-electron chi connectivity index (χ3n) is 5.32. The summed E-state index contributed by atoms with van der Waals surface area (Å²) in [6.45, 7) is 3.04. The molecule has 30 heavy (non-hydrogen) atoms.